The lowest BCUT2D eigenvalue weighted by atomic mass is 10.2. The summed E-state index contributed by atoms with van der Waals surface area (Å²) in [5.41, 5.74) is 0.799. The molecular formula is C16H25N3O4. The van der Waals surface area contributed by atoms with Gasteiger partial charge in [0.05, 0.1) is 33.8 Å². The van der Waals surface area contributed by atoms with Crippen molar-refractivity contribution in [2.24, 2.45) is 10.9 Å². The van der Waals surface area contributed by atoms with Crippen LogP contribution in [-0.4, -0.2) is 46.3 Å². The van der Waals surface area contributed by atoms with Crippen LogP contribution < -0.4 is 20.1 Å². The molecule has 0 fully saturated rings. The molecule has 0 aliphatic rings. The normalized spacial score (nSPS) is 12.3. The van der Waals surface area contributed by atoms with Crippen LogP contribution in [0.3, 0.4) is 0 Å². The molecule has 0 saturated heterocycles. The van der Waals surface area contributed by atoms with Gasteiger partial charge in [0, 0.05) is 18.3 Å². The fourth-order valence-electron chi connectivity index (χ4n) is 1.86. The number of methoxy groups -OCH3 is 3. The molecule has 1 unspecified atom stereocenters. The maximum atomic E-state index is 11.4. The zero-order valence-corrected chi connectivity index (χ0v) is 14.3. The highest BCUT2D eigenvalue weighted by atomic mass is 16.5. The highest BCUT2D eigenvalue weighted by Gasteiger charge is 2.13. The summed E-state index contributed by atoms with van der Waals surface area (Å²) in [5.74, 6) is 1.27. The molecule has 0 radical (unpaired) electrons. The number of hydrogen-bond acceptors (Lipinski definition) is 5. The van der Waals surface area contributed by atoms with Gasteiger partial charge in [-0.1, -0.05) is 6.92 Å². The predicted molar refractivity (Wildman–Crippen MR) is 90.3 cm³/mol. The van der Waals surface area contributed by atoms with Crippen molar-refractivity contribution in [3.05, 3.63) is 18.2 Å². The van der Waals surface area contributed by atoms with E-state index in [1.807, 2.05) is 25.1 Å². The molecule has 1 rings (SSSR count). The average molecular weight is 323 g/mol. The molecule has 0 saturated carbocycles. The average Bonchev–Trinajstić information content (AvgIpc) is 2.58. The Morgan fingerprint density at radius 3 is 2.48 bits per heavy atom. The van der Waals surface area contributed by atoms with Gasteiger partial charge in [-0.05, 0) is 19.1 Å². The van der Waals surface area contributed by atoms with Crippen molar-refractivity contribution in [1.29, 1.82) is 0 Å². The van der Waals surface area contributed by atoms with Gasteiger partial charge in [-0.25, -0.2) is 0 Å². The van der Waals surface area contributed by atoms with Gasteiger partial charge in [-0.15, -0.1) is 0 Å². The van der Waals surface area contributed by atoms with E-state index in [2.05, 4.69) is 15.6 Å². The minimum Gasteiger partial charge on any atom is -0.493 e. The van der Waals surface area contributed by atoms with E-state index in [4.69, 9.17) is 14.2 Å². The fourth-order valence-corrected chi connectivity index (χ4v) is 1.86. The molecule has 128 valence electrons. The third-order valence-corrected chi connectivity index (χ3v) is 3.12. The second-order valence-corrected chi connectivity index (χ2v) is 4.84. The van der Waals surface area contributed by atoms with Crippen LogP contribution in [0, 0.1) is 5.92 Å². The standard InChI is InChI=1S/C16H25N3O4/c1-6-17-16(18-10-11(2)15(20)23-5)19-12-7-8-13(21-3)14(9-12)22-4/h7-9,11H,6,10H2,1-5H3,(H2,17,18,19). The van der Waals surface area contributed by atoms with Gasteiger partial charge in [-0.3, -0.25) is 9.79 Å². The van der Waals surface area contributed by atoms with Crippen LogP contribution >= 0.6 is 0 Å². The molecule has 7 heteroatoms. The molecule has 0 aliphatic heterocycles. The first-order valence-electron chi connectivity index (χ1n) is 7.40. The summed E-state index contributed by atoms with van der Waals surface area (Å²) in [4.78, 5) is 15.8. The number of ether oxygens (including phenoxy) is 3. The van der Waals surface area contributed by atoms with Gasteiger partial charge < -0.3 is 24.8 Å². The number of nitrogens with one attached hydrogen (secondary N) is 2. The molecular weight excluding hydrogens is 298 g/mol. The maximum Gasteiger partial charge on any atom is 0.310 e. The van der Waals surface area contributed by atoms with E-state index < -0.39 is 0 Å². The van der Waals surface area contributed by atoms with Crippen LogP contribution in [0.5, 0.6) is 11.5 Å². The molecule has 0 amide bonds. The number of aliphatic imine (C=N–C) groups is 1. The second-order valence-electron chi connectivity index (χ2n) is 4.84. The quantitative estimate of drug-likeness (QED) is 0.453. The van der Waals surface area contributed by atoms with E-state index in [1.165, 1.54) is 7.11 Å². The van der Waals surface area contributed by atoms with E-state index in [0.29, 0.717) is 30.5 Å². The largest absolute Gasteiger partial charge is 0.493 e. The molecule has 0 aliphatic carbocycles. The van der Waals surface area contributed by atoms with Crippen molar-refractivity contribution in [2.45, 2.75) is 13.8 Å². The van der Waals surface area contributed by atoms with Gasteiger partial charge in [-0.2, -0.15) is 0 Å². The lowest BCUT2D eigenvalue weighted by molar-refractivity contribution is -0.144. The van der Waals surface area contributed by atoms with Gasteiger partial charge in [0.2, 0.25) is 0 Å². The van der Waals surface area contributed by atoms with Crippen LogP contribution in [0.15, 0.2) is 23.2 Å². The predicted octanol–water partition coefficient (Wildman–Crippen LogP) is 1.89. The van der Waals surface area contributed by atoms with Crippen LogP contribution in [0.25, 0.3) is 0 Å². The Hall–Kier alpha value is -2.44. The van der Waals surface area contributed by atoms with Crippen molar-refractivity contribution in [2.75, 3.05) is 39.7 Å². The number of benzene rings is 1. The van der Waals surface area contributed by atoms with Gasteiger partial charge >= 0.3 is 5.97 Å². The molecule has 0 spiro atoms. The summed E-state index contributed by atoms with van der Waals surface area (Å²) in [6.45, 7) is 4.77. The van der Waals surface area contributed by atoms with Gasteiger partial charge in [0.15, 0.2) is 17.5 Å². The van der Waals surface area contributed by atoms with Gasteiger partial charge in [0.25, 0.3) is 0 Å². The minimum absolute atomic E-state index is 0.282. The summed E-state index contributed by atoms with van der Waals surface area (Å²) in [5, 5.41) is 6.29. The monoisotopic (exact) mass is 323 g/mol. The molecule has 0 heterocycles. The van der Waals surface area contributed by atoms with Crippen LogP contribution in [0.1, 0.15) is 13.8 Å². The second kappa shape index (κ2) is 9.55. The van der Waals surface area contributed by atoms with Crippen LogP contribution in [0.4, 0.5) is 5.69 Å². The number of esters is 1. The first-order chi connectivity index (χ1) is 11.0. The number of carbonyl (C=O) groups is 1. The molecule has 0 aromatic heterocycles. The van der Waals surface area contributed by atoms with Crippen molar-refractivity contribution >= 4 is 17.6 Å². The molecule has 0 bridgehead atoms. The molecule has 1 aromatic rings. The van der Waals surface area contributed by atoms with E-state index in [0.717, 1.165) is 5.69 Å². The Labute approximate surface area is 137 Å². The van der Waals surface area contributed by atoms with Crippen molar-refractivity contribution in [3.8, 4) is 11.5 Å². The Balaban J connectivity index is 2.84. The lowest BCUT2D eigenvalue weighted by Crippen LogP contribution is -2.31. The van der Waals surface area contributed by atoms with E-state index in [9.17, 15) is 4.79 Å². The summed E-state index contributed by atoms with van der Waals surface area (Å²) in [7, 11) is 4.54. The molecule has 2 N–H and O–H groups in total. The Bertz CT molecular complexity index is 546. The zero-order chi connectivity index (χ0) is 17.2. The summed E-state index contributed by atoms with van der Waals surface area (Å²) >= 11 is 0. The molecule has 1 aromatic carbocycles. The topological polar surface area (TPSA) is 81.2 Å². The third-order valence-electron chi connectivity index (χ3n) is 3.12. The SMILES string of the molecule is CCNC(=NCC(C)C(=O)OC)Nc1ccc(OC)c(OC)c1. The van der Waals surface area contributed by atoms with Gasteiger partial charge in [0.1, 0.15) is 0 Å². The maximum absolute atomic E-state index is 11.4. The number of guanidine groups is 1. The minimum atomic E-state index is -0.305. The van der Waals surface area contributed by atoms with E-state index in [1.54, 1.807) is 21.1 Å². The van der Waals surface area contributed by atoms with Crippen molar-refractivity contribution in [1.82, 2.24) is 5.32 Å². The molecule has 23 heavy (non-hydrogen) atoms. The number of carbonyl (C=O) groups excluding carboxylic acids is 1. The fraction of sp³-hybridized carbons (Fsp3) is 0.500. The van der Waals surface area contributed by atoms with E-state index in [-0.39, 0.29) is 11.9 Å². The number of hydrogen-bond donors (Lipinski definition) is 2. The smallest absolute Gasteiger partial charge is 0.310 e. The summed E-state index contributed by atoms with van der Waals surface area (Å²) in [6.07, 6.45) is 0. The molecule has 7 nitrogen and oxygen atoms in total. The first-order valence-corrected chi connectivity index (χ1v) is 7.40. The van der Waals surface area contributed by atoms with Crippen LogP contribution in [0.2, 0.25) is 0 Å². The lowest BCUT2D eigenvalue weighted by Gasteiger charge is -2.14. The van der Waals surface area contributed by atoms with E-state index >= 15 is 0 Å². The summed E-state index contributed by atoms with van der Waals surface area (Å²) in [6, 6.07) is 5.48. The molecule has 1 atom stereocenters. The summed E-state index contributed by atoms with van der Waals surface area (Å²) < 4.78 is 15.2. The Morgan fingerprint density at radius 2 is 1.91 bits per heavy atom. The Morgan fingerprint density at radius 1 is 1.22 bits per heavy atom. The third kappa shape index (κ3) is 5.69. The number of nitrogens with zero attached hydrogens (tertiary/aromatic N) is 1. The highest BCUT2D eigenvalue weighted by Crippen LogP contribution is 2.29. The van der Waals surface area contributed by atoms with Crippen molar-refractivity contribution < 1.29 is 19.0 Å². The number of rotatable bonds is 7. The first kappa shape index (κ1) is 18.6. The van der Waals surface area contributed by atoms with Crippen LogP contribution in [-0.2, 0) is 9.53 Å². The zero-order valence-electron chi connectivity index (χ0n) is 14.3. The van der Waals surface area contributed by atoms with Crippen molar-refractivity contribution in [3.63, 3.8) is 0 Å². The Kier molecular flexibility index (Phi) is 7.73. The number of anilines is 1. The highest BCUT2D eigenvalue weighted by molar-refractivity contribution is 5.94.